The third-order valence-electron chi connectivity index (χ3n) is 2.60. The van der Waals surface area contributed by atoms with E-state index in [0.717, 1.165) is 0 Å². The number of halogens is 1. The summed E-state index contributed by atoms with van der Waals surface area (Å²) in [5.74, 6) is -0.366. The van der Waals surface area contributed by atoms with Crippen molar-refractivity contribution in [3.8, 4) is 0 Å². The summed E-state index contributed by atoms with van der Waals surface area (Å²) in [6.07, 6.45) is 0.604. The normalized spacial score (nSPS) is 12.4. The summed E-state index contributed by atoms with van der Waals surface area (Å²) in [7, 11) is 0. The van der Waals surface area contributed by atoms with E-state index in [1.807, 2.05) is 0 Å². The smallest absolute Gasteiger partial charge is 0.251 e. The second-order valence-electron chi connectivity index (χ2n) is 4.16. The molecule has 0 radical (unpaired) electrons. The molecule has 0 saturated heterocycles. The number of hydrogen-bond donors (Lipinski definition) is 2. The van der Waals surface area contributed by atoms with Crippen LogP contribution in [0.3, 0.4) is 0 Å². The molecular weight excluding hydrogens is 267 g/mol. The van der Waals surface area contributed by atoms with E-state index in [4.69, 9.17) is 0 Å². The van der Waals surface area contributed by atoms with Gasteiger partial charge in [0.15, 0.2) is 5.16 Å². The molecule has 4 nitrogen and oxygen atoms in total. The monoisotopic (exact) mass is 280 g/mol. The molecule has 2 aromatic rings. The molecule has 19 heavy (non-hydrogen) atoms. The van der Waals surface area contributed by atoms with Crippen LogP contribution in [0.2, 0.25) is 0 Å². The van der Waals surface area contributed by atoms with Crippen LogP contribution < -0.4 is 5.56 Å². The molecule has 100 valence electrons. The number of benzene rings is 1. The van der Waals surface area contributed by atoms with Crippen LogP contribution in [0.25, 0.3) is 0 Å². The average molecular weight is 280 g/mol. The predicted molar refractivity (Wildman–Crippen MR) is 70.8 cm³/mol. The van der Waals surface area contributed by atoms with E-state index in [1.54, 1.807) is 19.9 Å². The van der Waals surface area contributed by atoms with Crippen LogP contribution in [0.1, 0.15) is 24.2 Å². The number of aliphatic hydroxyl groups excluding tert-OH is 1. The van der Waals surface area contributed by atoms with Gasteiger partial charge in [-0.1, -0.05) is 11.8 Å². The van der Waals surface area contributed by atoms with Crippen molar-refractivity contribution in [1.82, 2.24) is 9.97 Å². The molecule has 0 aliphatic rings. The van der Waals surface area contributed by atoms with E-state index in [-0.39, 0.29) is 11.4 Å². The lowest BCUT2D eigenvalue weighted by atomic mass is 10.1. The van der Waals surface area contributed by atoms with Gasteiger partial charge in [0.1, 0.15) is 5.82 Å². The minimum atomic E-state index is -0.798. The Bertz CT molecular complexity index is 655. The number of aromatic amines is 1. The Kier molecular flexibility index (Phi) is 4.01. The third-order valence-corrected chi connectivity index (χ3v) is 3.57. The van der Waals surface area contributed by atoms with Gasteiger partial charge < -0.3 is 10.1 Å². The van der Waals surface area contributed by atoms with E-state index in [0.29, 0.717) is 21.2 Å². The van der Waals surface area contributed by atoms with Gasteiger partial charge in [-0.25, -0.2) is 9.37 Å². The highest BCUT2D eigenvalue weighted by atomic mass is 32.2. The first kappa shape index (κ1) is 13.8. The van der Waals surface area contributed by atoms with Gasteiger partial charge in [0.25, 0.3) is 5.56 Å². The number of aromatic nitrogens is 2. The van der Waals surface area contributed by atoms with Crippen LogP contribution in [-0.2, 0) is 0 Å². The highest BCUT2D eigenvalue weighted by Gasteiger charge is 2.13. The zero-order valence-electron chi connectivity index (χ0n) is 10.5. The highest BCUT2D eigenvalue weighted by Crippen LogP contribution is 2.32. The van der Waals surface area contributed by atoms with Gasteiger partial charge in [0.05, 0.1) is 6.10 Å². The minimum absolute atomic E-state index is 0.255. The largest absolute Gasteiger partial charge is 0.389 e. The molecular formula is C13H13FN2O2S. The number of aliphatic hydroxyl groups is 1. The molecule has 0 bridgehead atoms. The van der Waals surface area contributed by atoms with Gasteiger partial charge in [-0.05, 0) is 37.1 Å². The first-order valence-electron chi connectivity index (χ1n) is 5.68. The molecule has 0 amide bonds. The Labute approximate surface area is 113 Å². The van der Waals surface area contributed by atoms with E-state index in [2.05, 4.69) is 9.97 Å². The van der Waals surface area contributed by atoms with Crippen molar-refractivity contribution >= 4 is 11.8 Å². The van der Waals surface area contributed by atoms with Crippen LogP contribution in [0.5, 0.6) is 0 Å². The van der Waals surface area contributed by atoms with Gasteiger partial charge in [-0.3, -0.25) is 4.79 Å². The Morgan fingerprint density at radius 3 is 2.84 bits per heavy atom. The van der Waals surface area contributed by atoms with E-state index in [1.165, 1.54) is 30.1 Å². The summed E-state index contributed by atoms with van der Waals surface area (Å²) in [6.45, 7) is 3.21. The SMILES string of the molecule is Cc1cc(Sc2nccc(=O)[nH]2)c([C@@H](C)O)cc1F. The Morgan fingerprint density at radius 2 is 2.21 bits per heavy atom. The molecule has 1 atom stereocenters. The average Bonchev–Trinajstić information content (AvgIpc) is 2.33. The van der Waals surface area contributed by atoms with Gasteiger partial charge in [-0.2, -0.15) is 0 Å². The summed E-state index contributed by atoms with van der Waals surface area (Å²) in [5.41, 5.74) is 0.694. The van der Waals surface area contributed by atoms with Crippen LogP contribution in [0, 0.1) is 12.7 Å². The summed E-state index contributed by atoms with van der Waals surface area (Å²) < 4.78 is 13.5. The quantitative estimate of drug-likeness (QED) is 0.847. The fourth-order valence-corrected chi connectivity index (χ4v) is 2.65. The maximum atomic E-state index is 13.5. The van der Waals surface area contributed by atoms with Gasteiger partial charge in [0, 0.05) is 17.2 Å². The first-order chi connectivity index (χ1) is 8.97. The molecule has 0 aliphatic heterocycles. The van der Waals surface area contributed by atoms with Crippen molar-refractivity contribution in [2.24, 2.45) is 0 Å². The molecule has 0 spiro atoms. The van der Waals surface area contributed by atoms with Crippen LogP contribution in [0.15, 0.2) is 39.2 Å². The van der Waals surface area contributed by atoms with E-state index >= 15 is 0 Å². The summed E-state index contributed by atoms with van der Waals surface area (Å²) in [6, 6.07) is 4.26. The Hall–Kier alpha value is -1.66. The molecule has 1 aromatic heterocycles. The Morgan fingerprint density at radius 1 is 1.47 bits per heavy atom. The molecule has 0 saturated carbocycles. The molecule has 0 fully saturated rings. The molecule has 6 heteroatoms. The zero-order chi connectivity index (χ0) is 14.0. The second-order valence-corrected chi connectivity index (χ2v) is 5.19. The maximum Gasteiger partial charge on any atom is 0.251 e. The lowest BCUT2D eigenvalue weighted by molar-refractivity contribution is 0.196. The highest BCUT2D eigenvalue weighted by molar-refractivity contribution is 7.99. The summed E-state index contributed by atoms with van der Waals surface area (Å²) >= 11 is 1.19. The van der Waals surface area contributed by atoms with E-state index in [9.17, 15) is 14.3 Å². The van der Waals surface area contributed by atoms with Crippen molar-refractivity contribution in [3.05, 3.63) is 51.7 Å². The number of aryl methyl sites for hydroxylation is 1. The number of rotatable bonds is 3. The summed E-state index contributed by atoms with van der Waals surface area (Å²) in [5, 5.41) is 10.1. The lowest BCUT2D eigenvalue weighted by Crippen LogP contribution is -2.05. The fraction of sp³-hybridized carbons (Fsp3) is 0.231. The van der Waals surface area contributed by atoms with Gasteiger partial charge in [-0.15, -0.1) is 0 Å². The van der Waals surface area contributed by atoms with E-state index < -0.39 is 6.10 Å². The molecule has 0 unspecified atom stereocenters. The van der Waals surface area contributed by atoms with Crippen molar-refractivity contribution in [3.63, 3.8) is 0 Å². The number of H-pyrrole nitrogens is 1. The van der Waals surface area contributed by atoms with Crippen LogP contribution in [0.4, 0.5) is 4.39 Å². The molecule has 1 heterocycles. The van der Waals surface area contributed by atoms with Gasteiger partial charge >= 0.3 is 0 Å². The lowest BCUT2D eigenvalue weighted by Gasteiger charge is -2.12. The molecule has 2 rings (SSSR count). The minimum Gasteiger partial charge on any atom is -0.389 e. The predicted octanol–water partition coefficient (Wildman–Crippen LogP) is 2.42. The zero-order valence-corrected chi connectivity index (χ0v) is 11.3. The second kappa shape index (κ2) is 5.54. The van der Waals surface area contributed by atoms with Crippen LogP contribution in [-0.4, -0.2) is 15.1 Å². The number of nitrogens with zero attached hydrogens (tertiary/aromatic N) is 1. The summed E-state index contributed by atoms with van der Waals surface area (Å²) in [4.78, 5) is 18.5. The molecule has 1 aromatic carbocycles. The van der Waals surface area contributed by atoms with Crippen molar-refractivity contribution in [2.45, 2.75) is 30.0 Å². The number of nitrogens with one attached hydrogen (secondary N) is 1. The van der Waals surface area contributed by atoms with Crippen molar-refractivity contribution in [1.29, 1.82) is 0 Å². The molecule has 2 N–H and O–H groups in total. The number of hydrogen-bond acceptors (Lipinski definition) is 4. The Balaban J connectivity index is 2.44. The van der Waals surface area contributed by atoms with Crippen LogP contribution >= 0.6 is 11.8 Å². The maximum absolute atomic E-state index is 13.5. The van der Waals surface area contributed by atoms with Crippen molar-refractivity contribution in [2.75, 3.05) is 0 Å². The van der Waals surface area contributed by atoms with Gasteiger partial charge in [0.2, 0.25) is 0 Å². The standard InChI is InChI=1S/C13H13FN2O2S/c1-7-5-11(9(8(2)17)6-10(7)14)19-13-15-4-3-12(18)16-13/h3-6,8,17H,1-2H3,(H,15,16,18)/t8-/m1/s1. The fourth-order valence-electron chi connectivity index (χ4n) is 1.59. The first-order valence-corrected chi connectivity index (χ1v) is 6.50. The molecule has 0 aliphatic carbocycles. The topological polar surface area (TPSA) is 66.0 Å². The third kappa shape index (κ3) is 3.21. The van der Waals surface area contributed by atoms with Crippen molar-refractivity contribution < 1.29 is 9.50 Å².